The summed E-state index contributed by atoms with van der Waals surface area (Å²) in [6.07, 6.45) is 0.962. The molecule has 7 heteroatoms. The molecule has 0 bridgehead atoms. The Hall–Kier alpha value is -2.96. The van der Waals surface area contributed by atoms with Crippen LogP contribution in [-0.4, -0.2) is 44.2 Å². The van der Waals surface area contributed by atoms with Gasteiger partial charge in [0.15, 0.2) is 5.82 Å². The number of amides is 1. The second kappa shape index (κ2) is 7.22. The smallest absolute Gasteiger partial charge is 0.273 e. The van der Waals surface area contributed by atoms with Crippen LogP contribution in [0.3, 0.4) is 0 Å². The monoisotopic (exact) mass is 379 g/mol. The number of pyridine rings is 1. The fourth-order valence-electron chi connectivity index (χ4n) is 4.03. The van der Waals surface area contributed by atoms with Gasteiger partial charge in [0.1, 0.15) is 17.3 Å². The average molecular weight is 379 g/mol. The number of benzene rings is 1. The Morgan fingerprint density at radius 3 is 2.82 bits per heavy atom. The van der Waals surface area contributed by atoms with E-state index in [-0.39, 0.29) is 11.9 Å². The number of hydrogen-bond acceptors (Lipinski definition) is 5. The lowest BCUT2D eigenvalue weighted by atomic mass is 10.0. The highest BCUT2D eigenvalue weighted by Crippen LogP contribution is 2.30. The third-order valence-electron chi connectivity index (χ3n) is 5.21. The zero-order valence-corrected chi connectivity index (χ0v) is 16.7. The Kier molecular flexibility index (Phi) is 4.75. The molecule has 0 spiro atoms. The number of fused-ring (bicyclic) bond motifs is 2. The second-order valence-electron chi connectivity index (χ2n) is 7.73. The Morgan fingerprint density at radius 1 is 1.29 bits per heavy atom. The minimum atomic E-state index is -0.107. The number of nitrogens with zero attached hydrogens (tertiary/aromatic N) is 5. The molecule has 0 N–H and O–H groups in total. The highest BCUT2D eigenvalue weighted by Gasteiger charge is 2.32. The predicted octanol–water partition coefficient (Wildman–Crippen LogP) is 3.39. The summed E-state index contributed by atoms with van der Waals surface area (Å²) in [5, 5.41) is 9.42. The molecule has 0 saturated carbocycles. The van der Waals surface area contributed by atoms with E-state index < -0.39 is 0 Å². The molecule has 4 rings (SSSR count). The van der Waals surface area contributed by atoms with E-state index in [2.05, 4.69) is 33.6 Å². The van der Waals surface area contributed by atoms with Gasteiger partial charge in [0, 0.05) is 18.0 Å². The molecule has 0 unspecified atom stereocenters. The van der Waals surface area contributed by atoms with Crippen molar-refractivity contribution < 1.29 is 9.53 Å². The molecule has 146 valence electrons. The molecule has 0 radical (unpaired) electrons. The van der Waals surface area contributed by atoms with E-state index in [0.29, 0.717) is 30.5 Å². The van der Waals surface area contributed by atoms with Gasteiger partial charge in [-0.2, -0.15) is 0 Å². The molecule has 0 aliphatic carbocycles. The van der Waals surface area contributed by atoms with Crippen molar-refractivity contribution >= 4 is 16.8 Å². The van der Waals surface area contributed by atoms with Crippen LogP contribution >= 0.6 is 0 Å². The Morgan fingerprint density at radius 2 is 2.07 bits per heavy atom. The molecule has 7 nitrogen and oxygen atoms in total. The van der Waals surface area contributed by atoms with Gasteiger partial charge >= 0.3 is 0 Å². The highest BCUT2D eigenvalue weighted by atomic mass is 16.5. The maximum absolute atomic E-state index is 13.3. The number of rotatable bonds is 4. The van der Waals surface area contributed by atoms with Crippen LogP contribution in [0.25, 0.3) is 10.9 Å². The Balaban J connectivity index is 1.69. The van der Waals surface area contributed by atoms with Crippen molar-refractivity contribution in [1.29, 1.82) is 0 Å². The summed E-state index contributed by atoms with van der Waals surface area (Å²) in [5.41, 5.74) is 1.14. The summed E-state index contributed by atoms with van der Waals surface area (Å²) in [7, 11) is 1.61. The van der Waals surface area contributed by atoms with Crippen molar-refractivity contribution in [2.75, 3.05) is 13.7 Å². The van der Waals surface area contributed by atoms with Crippen LogP contribution in [0.2, 0.25) is 0 Å². The first-order valence-electron chi connectivity index (χ1n) is 9.61. The molecular weight excluding hydrogens is 354 g/mol. The largest absolute Gasteiger partial charge is 0.496 e. The highest BCUT2D eigenvalue weighted by molar-refractivity contribution is 5.97. The molecule has 0 fully saturated rings. The summed E-state index contributed by atoms with van der Waals surface area (Å²) in [6.45, 7) is 7.41. The average Bonchev–Trinajstić information content (AvgIpc) is 3.07. The molecule has 1 atom stereocenters. The number of aryl methyl sites for hydroxylation is 1. The van der Waals surface area contributed by atoms with Gasteiger partial charge in [-0.05, 0) is 31.4 Å². The lowest BCUT2D eigenvalue weighted by Gasteiger charge is -2.35. The molecule has 1 aromatic carbocycles. The van der Waals surface area contributed by atoms with Gasteiger partial charge in [0.25, 0.3) is 5.91 Å². The van der Waals surface area contributed by atoms with Crippen LogP contribution in [0.1, 0.15) is 48.4 Å². The molecule has 0 saturated heterocycles. The summed E-state index contributed by atoms with van der Waals surface area (Å²) >= 11 is 0. The van der Waals surface area contributed by atoms with Gasteiger partial charge in [-0.1, -0.05) is 26.0 Å². The van der Waals surface area contributed by atoms with Crippen molar-refractivity contribution in [2.45, 2.75) is 39.8 Å². The van der Waals surface area contributed by atoms with Crippen molar-refractivity contribution in [3.63, 3.8) is 0 Å². The zero-order chi connectivity index (χ0) is 19.8. The first-order chi connectivity index (χ1) is 13.5. The topological polar surface area (TPSA) is 73.1 Å². The van der Waals surface area contributed by atoms with Gasteiger partial charge in [-0.25, -0.2) is 4.98 Å². The van der Waals surface area contributed by atoms with Gasteiger partial charge in [0.05, 0.1) is 25.2 Å². The van der Waals surface area contributed by atoms with E-state index in [9.17, 15) is 4.79 Å². The number of aromatic nitrogens is 4. The Bertz CT molecular complexity index is 1030. The first kappa shape index (κ1) is 18.4. The molecule has 1 amide bonds. The standard InChI is InChI=1S/C21H25N5O2/c1-13(2)9-15-11-25(12-20-24-23-14(3)26(15)20)21(27)18-10-19(28-4)16-7-5-6-8-17(16)22-18/h5-8,10,13,15H,9,11-12H2,1-4H3/t15-/m0/s1. The summed E-state index contributed by atoms with van der Waals surface area (Å²) in [6, 6.07) is 9.59. The zero-order valence-electron chi connectivity index (χ0n) is 16.7. The minimum absolute atomic E-state index is 0.107. The molecule has 1 aliphatic rings. The third-order valence-corrected chi connectivity index (χ3v) is 5.21. The van der Waals surface area contributed by atoms with E-state index in [1.54, 1.807) is 13.2 Å². The maximum atomic E-state index is 13.3. The molecule has 3 aromatic rings. The van der Waals surface area contributed by atoms with E-state index in [0.717, 1.165) is 29.0 Å². The number of carbonyl (C=O) groups excluding carboxylic acids is 1. The lowest BCUT2D eigenvalue weighted by molar-refractivity contribution is 0.0654. The van der Waals surface area contributed by atoms with Gasteiger partial charge in [-0.15, -0.1) is 10.2 Å². The predicted molar refractivity (Wildman–Crippen MR) is 106 cm³/mol. The first-order valence-corrected chi connectivity index (χ1v) is 9.61. The normalized spacial score (nSPS) is 16.5. The van der Waals surface area contributed by atoms with Gasteiger partial charge in [0.2, 0.25) is 0 Å². The van der Waals surface area contributed by atoms with Crippen LogP contribution in [0.5, 0.6) is 5.75 Å². The number of para-hydroxylation sites is 1. The summed E-state index contributed by atoms with van der Waals surface area (Å²) in [5.74, 6) is 2.79. The van der Waals surface area contributed by atoms with Gasteiger partial charge < -0.3 is 14.2 Å². The van der Waals surface area contributed by atoms with Crippen LogP contribution < -0.4 is 4.74 Å². The van der Waals surface area contributed by atoms with E-state index >= 15 is 0 Å². The molecule has 3 heterocycles. The van der Waals surface area contributed by atoms with Gasteiger partial charge in [-0.3, -0.25) is 4.79 Å². The molecule has 28 heavy (non-hydrogen) atoms. The third kappa shape index (κ3) is 3.21. The Labute approximate surface area is 164 Å². The second-order valence-corrected chi connectivity index (χ2v) is 7.73. The lowest BCUT2D eigenvalue weighted by Crippen LogP contribution is -2.42. The number of ether oxygens (including phenoxy) is 1. The van der Waals surface area contributed by atoms with Crippen molar-refractivity contribution in [2.24, 2.45) is 5.92 Å². The maximum Gasteiger partial charge on any atom is 0.273 e. The van der Waals surface area contributed by atoms with Crippen molar-refractivity contribution in [3.05, 3.63) is 47.7 Å². The van der Waals surface area contributed by atoms with Crippen LogP contribution in [0.4, 0.5) is 0 Å². The molecule has 2 aromatic heterocycles. The van der Waals surface area contributed by atoms with E-state index in [1.807, 2.05) is 36.1 Å². The molecular formula is C21H25N5O2. The van der Waals surface area contributed by atoms with E-state index in [1.165, 1.54) is 0 Å². The summed E-state index contributed by atoms with van der Waals surface area (Å²) in [4.78, 5) is 19.7. The van der Waals surface area contributed by atoms with Crippen LogP contribution in [0, 0.1) is 12.8 Å². The van der Waals surface area contributed by atoms with Crippen LogP contribution in [0.15, 0.2) is 30.3 Å². The fourth-order valence-corrected chi connectivity index (χ4v) is 4.03. The fraction of sp³-hybridized carbons (Fsp3) is 0.429. The SMILES string of the molecule is COc1cc(C(=O)N2Cc3nnc(C)n3[C@@H](CC(C)C)C2)nc2ccccc12. The van der Waals surface area contributed by atoms with Crippen molar-refractivity contribution in [1.82, 2.24) is 24.6 Å². The van der Waals surface area contributed by atoms with E-state index in [4.69, 9.17) is 4.74 Å². The number of hydrogen-bond donors (Lipinski definition) is 0. The molecule has 1 aliphatic heterocycles. The number of methoxy groups -OCH3 is 1. The number of carbonyl (C=O) groups is 1. The summed E-state index contributed by atoms with van der Waals surface area (Å²) < 4.78 is 7.68. The van der Waals surface area contributed by atoms with Crippen molar-refractivity contribution in [3.8, 4) is 5.75 Å². The quantitative estimate of drug-likeness (QED) is 0.695. The van der Waals surface area contributed by atoms with Crippen LogP contribution in [-0.2, 0) is 6.54 Å². The minimum Gasteiger partial charge on any atom is -0.496 e.